The molecule has 2 aromatic rings. The van der Waals surface area contributed by atoms with Crippen molar-refractivity contribution in [1.29, 1.82) is 0 Å². The zero-order valence-corrected chi connectivity index (χ0v) is 12.3. The van der Waals surface area contributed by atoms with Crippen molar-refractivity contribution in [2.75, 3.05) is 13.1 Å². The second-order valence-electron chi connectivity index (χ2n) is 5.48. The van der Waals surface area contributed by atoms with E-state index in [1.165, 1.54) is 10.7 Å². The highest BCUT2D eigenvalue weighted by Gasteiger charge is 2.27. The van der Waals surface area contributed by atoms with Gasteiger partial charge in [0.25, 0.3) is 5.91 Å². The van der Waals surface area contributed by atoms with Gasteiger partial charge in [-0.2, -0.15) is 5.10 Å². The van der Waals surface area contributed by atoms with Gasteiger partial charge in [-0.3, -0.25) is 4.79 Å². The lowest BCUT2D eigenvalue weighted by molar-refractivity contribution is 0.0616. The van der Waals surface area contributed by atoms with Gasteiger partial charge < -0.3 is 10.6 Å². The highest BCUT2D eigenvalue weighted by Crippen LogP contribution is 2.19. The first-order chi connectivity index (χ1) is 10.7. The summed E-state index contributed by atoms with van der Waals surface area (Å²) in [5.74, 6) is -0.507. The lowest BCUT2D eigenvalue weighted by atomic mass is 10.0. The van der Waals surface area contributed by atoms with Crippen LogP contribution in [0, 0.1) is 5.82 Å². The maximum Gasteiger partial charge on any atom is 0.274 e. The highest BCUT2D eigenvalue weighted by atomic mass is 19.1. The Labute approximate surface area is 128 Å². The quantitative estimate of drug-likeness (QED) is 0.942. The molecule has 3 rings (SSSR count). The van der Waals surface area contributed by atoms with Crippen LogP contribution in [0.3, 0.4) is 0 Å². The van der Waals surface area contributed by atoms with E-state index < -0.39 is 0 Å². The molecule has 2 N–H and O–H groups in total. The van der Waals surface area contributed by atoms with Crippen LogP contribution in [-0.2, 0) is 0 Å². The molecule has 0 saturated carbocycles. The Bertz CT molecular complexity index is 670. The minimum Gasteiger partial charge on any atom is -0.333 e. The molecule has 0 aliphatic carbocycles. The van der Waals surface area contributed by atoms with Gasteiger partial charge in [0.1, 0.15) is 11.5 Å². The van der Waals surface area contributed by atoms with Crippen molar-refractivity contribution in [2.24, 2.45) is 5.73 Å². The molecule has 1 amide bonds. The van der Waals surface area contributed by atoms with E-state index >= 15 is 0 Å². The summed E-state index contributed by atoms with van der Waals surface area (Å²) < 4.78 is 15.2. The summed E-state index contributed by atoms with van der Waals surface area (Å²) >= 11 is 0. The Morgan fingerprint density at radius 3 is 2.91 bits per heavy atom. The van der Waals surface area contributed by atoms with Crippen LogP contribution in [0.5, 0.6) is 0 Å². The maximum absolute atomic E-state index is 13.8. The van der Waals surface area contributed by atoms with Crippen molar-refractivity contribution in [3.8, 4) is 5.69 Å². The fourth-order valence-corrected chi connectivity index (χ4v) is 2.87. The van der Waals surface area contributed by atoms with E-state index in [1.54, 1.807) is 35.4 Å². The predicted molar refractivity (Wildman–Crippen MR) is 81.3 cm³/mol. The van der Waals surface area contributed by atoms with Crippen molar-refractivity contribution in [3.05, 3.63) is 48.0 Å². The Hall–Kier alpha value is -2.21. The lowest BCUT2D eigenvalue weighted by Gasteiger charge is -2.34. The zero-order valence-electron chi connectivity index (χ0n) is 12.3. The second kappa shape index (κ2) is 6.27. The third-order valence-electron chi connectivity index (χ3n) is 4.07. The molecule has 1 aromatic carbocycles. The van der Waals surface area contributed by atoms with Crippen molar-refractivity contribution in [1.82, 2.24) is 14.7 Å². The lowest BCUT2D eigenvalue weighted by Crippen LogP contribution is -2.47. The van der Waals surface area contributed by atoms with Crippen molar-refractivity contribution < 1.29 is 9.18 Å². The fourth-order valence-electron chi connectivity index (χ4n) is 2.87. The largest absolute Gasteiger partial charge is 0.333 e. The van der Waals surface area contributed by atoms with Crippen LogP contribution in [-0.4, -0.2) is 39.7 Å². The normalized spacial score (nSPS) is 18.5. The number of amides is 1. The standard InChI is InChI=1S/C16H19FN4O/c17-13-6-1-2-7-15(13)21-10-8-14(19-21)16(22)20-9-4-3-5-12(20)11-18/h1-2,6-8,10,12H,3-5,9,11,18H2. The second-order valence-corrected chi connectivity index (χ2v) is 5.48. The minimum absolute atomic E-state index is 0.0693. The first-order valence-corrected chi connectivity index (χ1v) is 7.52. The van der Waals surface area contributed by atoms with E-state index in [0.29, 0.717) is 24.5 Å². The summed E-state index contributed by atoms with van der Waals surface area (Å²) in [5, 5.41) is 4.23. The molecule has 1 atom stereocenters. The van der Waals surface area contributed by atoms with Crippen molar-refractivity contribution >= 4 is 5.91 Å². The number of likely N-dealkylation sites (tertiary alicyclic amines) is 1. The number of hydrogen-bond donors (Lipinski definition) is 1. The van der Waals surface area contributed by atoms with Crippen molar-refractivity contribution in [2.45, 2.75) is 25.3 Å². The Kier molecular flexibility index (Phi) is 4.20. The van der Waals surface area contributed by atoms with Crippen LogP contribution in [0.25, 0.3) is 5.69 Å². The first-order valence-electron chi connectivity index (χ1n) is 7.52. The molecular weight excluding hydrogens is 283 g/mol. The molecule has 1 aliphatic rings. The summed E-state index contributed by atoms with van der Waals surface area (Å²) in [7, 11) is 0. The number of nitrogens with two attached hydrogens (primary N) is 1. The number of rotatable bonds is 3. The third kappa shape index (κ3) is 2.74. The number of hydrogen-bond acceptors (Lipinski definition) is 3. The minimum atomic E-state index is -0.373. The molecule has 0 spiro atoms. The predicted octanol–water partition coefficient (Wildman–Crippen LogP) is 1.96. The van der Waals surface area contributed by atoms with Gasteiger partial charge in [-0.25, -0.2) is 9.07 Å². The van der Waals surface area contributed by atoms with Gasteiger partial charge in [-0.05, 0) is 37.5 Å². The van der Waals surface area contributed by atoms with Gasteiger partial charge >= 0.3 is 0 Å². The molecule has 22 heavy (non-hydrogen) atoms. The number of nitrogens with zero attached hydrogens (tertiary/aromatic N) is 3. The van der Waals surface area contributed by atoms with Crippen molar-refractivity contribution in [3.63, 3.8) is 0 Å². The van der Waals surface area contributed by atoms with Crippen LogP contribution in [0.2, 0.25) is 0 Å². The van der Waals surface area contributed by atoms with Crippen LogP contribution in [0.1, 0.15) is 29.8 Å². The molecule has 1 unspecified atom stereocenters. The number of piperidine rings is 1. The number of para-hydroxylation sites is 1. The summed E-state index contributed by atoms with van der Waals surface area (Å²) in [6.45, 7) is 1.16. The molecule has 1 aromatic heterocycles. The molecular formula is C16H19FN4O. The molecule has 1 fully saturated rings. The van der Waals surface area contributed by atoms with Crippen LogP contribution in [0.15, 0.2) is 36.5 Å². The number of benzene rings is 1. The first kappa shape index (κ1) is 14.7. The number of carbonyl (C=O) groups is 1. The van der Waals surface area contributed by atoms with Gasteiger partial charge in [0, 0.05) is 25.3 Å². The van der Waals surface area contributed by atoms with Gasteiger partial charge in [0.15, 0.2) is 5.69 Å². The topological polar surface area (TPSA) is 64.2 Å². The van der Waals surface area contributed by atoms with E-state index in [0.717, 1.165) is 19.3 Å². The van der Waals surface area contributed by atoms with E-state index in [4.69, 9.17) is 5.73 Å². The van der Waals surface area contributed by atoms with Gasteiger partial charge in [0.05, 0.1) is 0 Å². The zero-order chi connectivity index (χ0) is 15.5. The van der Waals surface area contributed by atoms with E-state index in [-0.39, 0.29) is 17.8 Å². The molecule has 0 bridgehead atoms. The van der Waals surface area contributed by atoms with E-state index in [1.807, 2.05) is 0 Å². The van der Waals surface area contributed by atoms with Crippen LogP contribution >= 0.6 is 0 Å². The summed E-state index contributed by atoms with van der Waals surface area (Å²) in [4.78, 5) is 14.4. The molecule has 116 valence electrons. The monoisotopic (exact) mass is 302 g/mol. The summed E-state index contributed by atoms with van der Waals surface area (Å²) in [6, 6.07) is 8.04. The average molecular weight is 302 g/mol. The average Bonchev–Trinajstić information content (AvgIpc) is 3.04. The summed E-state index contributed by atoms with van der Waals surface area (Å²) in [6.07, 6.45) is 4.61. The van der Waals surface area contributed by atoms with E-state index in [9.17, 15) is 9.18 Å². The molecule has 6 heteroatoms. The number of aromatic nitrogens is 2. The van der Waals surface area contributed by atoms with Gasteiger partial charge in [0.2, 0.25) is 0 Å². The number of carbonyl (C=O) groups excluding carboxylic acids is 1. The SMILES string of the molecule is NCC1CCCCN1C(=O)c1ccn(-c2ccccc2F)n1. The Morgan fingerprint density at radius 2 is 2.14 bits per heavy atom. The number of halogens is 1. The van der Waals surface area contributed by atoms with Gasteiger partial charge in [-0.1, -0.05) is 12.1 Å². The summed E-state index contributed by atoms with van der Waals surface area (Å²) in [5.41, 5.74) is 6.41. The highest BCUT2D eigenvalue weighted by molar-refractivity contribution is 5.92. The molecule has 5 nitrogen and oxygen atoms in total. The van der Waals surface area contributed by atoms with Gasteiger partial charge in [-0.15, -0.1) is 0 Å². The van der Waals surface area contributed by atoms with Crippen LogP contribution < -0.4 is 5.73 Å². The Balaban J connectivity index is 1.84. The Morgan fingerprint density at radius 1 is 1.32 bits per heavy atom. The molecule has 0 radical (unpaired) electrons. The molecule has 1 saturated heterocycles. The maximum atomic E-state index is 13.8. The fraction of sp³-hybridized carbons (Fsp3) is 0.375. The molecule has 2 heterocycles. The third-order valence-corrected chi connectivity index (χ3v) is 4.07. The van der Waals surface area contributed by atoms with E-state index in [2.05, 4.69) is 5.10 Å². The smallest absolute Gasteiger partial charge is 0.274 e. The molecule has 1 aliphatic heterocycles. The van der Waals surface area contributed by atoms with Crippen LogP contribution in [0.4, 0.5) is 4.39 Å².